The summed E-state index contributed by atoms with van der Waals surface area (Å²) in [6.07, 6.45) is 2.02. The highest BCUT2D eigenvalue weighted by Gasteiger charge is 2.17. The minimum atomic E-state index is -0.133. The fraction of sp³-hybridized carbons (Fsp3) is 0.333. The average Bonchev–Trinajstić information content (AvgIpc) is 3.23. The minimum absolute atomic E-state index is 0.0212. The van der Waals surface area contributed by atoms with E-state index in [0.717, 1.165) is 11.3 Å². The molecule has 1 atom stereocenters. The molecule has 0 bridgehead atoms. The van der Waals surface area contributed by atoms with E-state index in [0.29, 0.717) is 24.8 Å². The van der Waals surface area contributed by atoms with Crippen LogP contribution in [-0.4, -0.2) is 25.8 Å². The Labute approximate surface area is 146 Å². The lowest BCUT2D eigenvalue weighted by Crippen LogP contribution is -2.25. The van der Waals surface area contributed by atoms with Crippen molar-refractivity contribution >= 4 is 5.91 Å². The van der Waals surface area contributed by atoms with Gasteiger partial charge >= 0.3 is 0 Å². The van der Waals surface area contributed by atoms with Gasteiger partial charge in [0.25, 0.3) is 0 Å². The molecule has 0 aliphatic carbocycles. The zero-order valence-electron chi connectivity index (χ0n) is 14.3. The highest BCUT2D eigenvalue weighted by molar-refractivity contribution is 5.77. The number of aromatic nitrogens is 4. The van der Waals surface area contributed by atoms with Crippen LogP contribution in [0.15, 0.2) is 47.1 Å². The molecule has 130 valence electrons. The normalized spacial score (nSPS) is 12.1. The summed E-state index contributed by atoms with van der Waals surface area (Å²) in [6.45, 7) is 5.07. The summed E-state index contributed by atoms with van der Waals surface area (Å²) in [7, 11) is 0. The third-order valence-corrected chi connectivity index (χ3v) is 3.79. The van der Waals surface area contributed by atoms with Gasteiger partial charge in [0.2, 0.25) is 11.8 Å². The molecule has 0 radical (unpaired) electrons. The van der Waals surface area contributed by atoms with E-state index in [9.17, 15) is 4.79 Å². The second kappa shape index (κ2) is 7.74. The molecule has 2 aromatic heterocycles. The molecule has 25 heavy (non-hydrogen) atoms. The predicted molar refractivity (Wildman–Crippen MR) is 91.7 cm³/mol. The van der Waals surface area contributed by atoms with Crippen molar-refractivity contribution in [1.29, 1.82) is 0 Å². The summed E-state index contributed by atoms with van der Waals surface area (Å²) < 4.78 is 7.13. The number of rotatable bonds is 7. The van der Waals surface area contributed by atoms with Crippen molar-refractivity contribution in [3.63, 3.8) is 0 Å². The lowest BCUT2D eigenvalue weighted by atomic mass is 10.2. The number of benzene rings is 1. The van der Waals surface area contributed by atoms with Gasteiger partial charge in [-0.05, 0) is 18.6 Å². The molecule has 0 saturated heterocycles. The Morgan fingerprint density at radius 2 is 2.08 bits per heavy atom. The molecule has 0 spiro atoms. The predicted octanol–water partition coefficient (Wildman–Crippen LogP) is 2.24. The first kappa shape index (κ1) is 16.9. The van der Waals surface area contributed by atoms with E-state index in [4.69, 9.17) is 4.52 Å². The van der Waals surface area contributed by atoms with Crippen molar-refractivity contribution in [2.45, 2.75) is 39.3 Å². The number of carbonyl (C=O) groups excluding carboxylic acids is 1. The van der Waals surface area contributed by atoms with Gasteiger partial charge in [-0.2, -0.15) is 10.1 Å². The fourth-order valence-corrected chi connectivity index (χ4v) is 2.47. The van der Waals surface area contributed by atoms with Crippen LogP contribution in [0.5, 0.6) is 0 Å². The largest absolute Gasteiger partial charge is 0.352 e. The van der Waals surface area contributed by atoms with Gasteiger partial charge in [0.15, 0.2) is 5.82 Å². The highest BCUT2D eigenvalue weighted by atomic mass is 16.5. The number of hydrogen-bond donors (Lipinski definition) is 1. The summed E-state index contributed by atoms with van der Waals surface area (Å²) in [4.78, 5) is 16.3. The van der Waals surface area contributed by atoms with Crippen molar-refractivity contribution < 1.29 is 9.32 Å². The van der Waals surface area contributed by atoms with Gasteiger partial charge in [0, 0.05) is 12.7 Å². The molecule has 1 amide bonds. The van der Waals surface area contributed by atoms with E-state index < -0.39 is 0 Å². The Balaban J connectivity index is 1.51. The molecular weight excluding hydrogens is 318 g/mol. The zero-order valence-corrected chi connectivity index (χ0v) is 14.3. The first-order valence-electron chi connectivity index (χ1n) is 8.23. The van der Waals surface area contributed by atoms with Gasteiger partial charge in [0.05, 0.1) is 24.6 Å². The minimum Gasteiger partial charge on any atom is -0.352 e. The van der Waals surface area contributed by atoms with E-state index in [1.165, 1.54) is 0 Å². The third kappa shape index (κ3) is 4.76. The Bertz CT molecular complexity index is 825. The molecule has 0 saturated carbocycles. The topological polar surface area (TPSA) is 85.8 Å². The van der Waals surface area contributed by atoms with Crippen LogP contribution in [0.3, 0.4) is 0 Å². The van der Waals surface area contributed by atoms with E-state index in [2.05, 4.69) is 20.6 Å². The van der Waals surface area contributed by atoms with Crippen molar-refractivity contribution in [3.8, 4) is 0 Å². The number of hydrogen-bond acceptors (Lipinski definition) is 5. The highest BCUT2D eigenvalue weighted by Crippen LogP contribution is 2.15. The summed E-state index contributed by atoms with van der Waals surface area (Å²) in [5, 5.41) is 11.1. The Morgan fingerprint density at radius 3 is 2.80 bits per heavy atom. The lowest BCUT2D eigenvalue weighted by Gasteiger charge is -2.06. The van der Waals surface area contributed by atoms with Gasteiger partial charge in [-0.25, -0.2) is 0 Å². The van der Waals surface area contributed by atoms with Crippen molar-refractivity contribution in [1.82, 2.24) is 25.2 Å². The standard InChI is InChI=1S/C18H21N5O2/c1-13(12-23-9-8-14(2)21-23)18-20-16(22-25-18)10-17(24)19-11-15-6-4-3-5-7-15/h3-9,13H,10-12H2,1-2H3,(H,19,24). The van der Waals surface area contributed by atoms with Gasteiger partial charge in [-0.1, -0.05) is 42.4 Å². The number of carbonyl (C=O) groups is 1. The molecule has 1 N–H and O–H groups in total. The van der Waals surface area contributed by atoms with Crippen molar-refractivity contribution in [3.05, 3.63) is 65.6 Å². The second-order valence-corrected chi connectivity index (χ2v) is 6.07. The second-order valence-electron chi connectivity index (χ2n) is 6.07. The molecular formula is C18H21N5O2. The maximum atomic E-state index is 12.0. The SMILES string of the molecule is Cc1ccn(CC(C)c2nc(CC(=O)NCc3ccccc3)no2)n1. The van der Waals surface area contributed by atoms with Crippen LogP contribution in [-0.2, 0) is 24.3 Å². The summed E-state index contributed by atoms with van der Waals surface area (Å²) in [5.74, 6) is 0.794. The Kier molecular flexibility index (Phi) is 5.23. The van der Waals surface area contributed by atoms with E-state index >= 15 is 0 Å². The smallest absolute Gasteiger partial charge is 0.231 e. The molecule has 3 aromatic rings. The van der Waals surface area contributed by atoms with Crippen molar-refractivity contribution in [2.75, 3.05) is 0 Å². The van der Waals surface area contributed by atoms with Crippen LogP contribution >= 0.6 is 0 Å². The first-order chi connectivity index (χ1) is 12.1. The maximum Gasteiger partial charge on any atom is 0.231 e. The molecule has 3 rings (SSSR count). The lowest BCUT2D eigenvalue weighted by molar-refractivity contribution is -0.120. The van der Waals surface area contributed by atoms with Crippen LogP contribution in [0, 0.1) is 6.92 Å². The van der Waals surface area contributed by atoms with Crippen LogP contribution in [0.4, 0.5) is 0 Å². The van der Waals surface area contributed by atoms with Gasteiger partial charge in [-0.3, -0.25) is 9.48 Å². The van der Waals surface area contributed by atoms with Gasteiger partial charge in [-0.15, -0.1) is 0 Å². The summed E-state index contributed by atoms with van der Waals surface area (Å²) >= 11 is 0. The molecule has 7 nitrogen and oxygen atoms in total. The van der Waals surface area contributed by atoms with Crippen LogP contribution < -0.4 is 5.32 Å². The molecule has 0 aliphatic rings. The average molecular weight is 339 g/mol. The molecule has 7 heteroatoms. The summed E-state index contributed by atoms with van der Waals surface area (Å²) in [5.41, 5.74) is 2.02. The first-order valence-corrected chi connectivity index (χ1v) is 8.23. The molecule has 1 unspecified atom stereocenters. The van der Waals surface area contributed by atoms with E-state index in [1.54, 1.807) is 0 Å². The van der Waals surface area contributed by atoms with Crippen LogP contribution in [0.2, 0.25) is 0 Å². The molecule has 2 heterocycles. The zero-order chi connectivity index (χ0) is 17.6. The van der Waals surface area contributed by atoms with Crippen LogP contribution in [0.25, 0.3) is 0 Å². The van der Waals surface area contributed by atoms with Crippen LogP contribution in [0.1, 0.15) is 35.8 Å². The summed E-state index contributed by atoms with van der Waals surface area (Å²) in [6, 6.07) is 11.7. The number of nitrogens with zero attached hydrogens (tertiary/aromatic N) is 4. The number of aryl methyl sites for hydroxylation is 1. The molecule has 0 fully saturated rings. The third-order valence-electron chi connectivity index (χ3n) is 3.79. The fourth-order valence-electron chi connectivity index (χ4n) is 2.47. The van der Waals surface area contributed by atoms with Gasteiger partial charge in [0.1, 0.15) is 0 Å². The molecule has 0 aliphatic heterocycles. The van der Waals surface area contributed by atoms with Gasteiger partial charge < -0.3 is 9.84 Å². The van der Waals surface area contributed by atoms with Crippen molar-refractivity contribution in [2.24, 2.45) is 0 Å². The quantitative estimate of drug-likeness (QED) is 0.713. The number of amides is 1. The monoisotopic (exact) mass is 339 g/mol. The number of nitrogens with one attached hydrogen (secondary N) is 1. The maximum absolute atomic E-state index is 12.0. The van der Waals surface area contributed by atoms with E-state index in [-0.39, 0.29) is 18.2 Å². The Hall–Kier alpha value is -2.96. The molecule has 1 aromatic carbocycles. The Morgan fingerprint density at radius 1 is 1.28 bits per heavy atom. The van der Waals surface area contributed by atoms with E-state index in [1.807, 2.05) is 61.1 Å².